The summed E-state index contributed by atoms with van der Waals surface area (Å²) in [5, 5.41) is 6.73. The zero-order valence-corrected chi connectivity index (χ0v) is 8.07. The third-order valence-corrected chi connectivity index (χ3v) is 1.74. The van der Waals surface area contributed by atoms with Crippen LogP contribution in [0.3, 0.4) is 0 Å². The lowest BCUT2D eigenvalue weighted by Gasteiger charge is -1.90. The summed E-state index contributed by atoms with van der Waals surface area (Å²) in [5.41, 5.74) is 0.813. The van der Waals surface area contributed by atoms with Crippen molar-refractivity contribution in [1.82, 2.24) is 15.5 Å². The normalized spacial score (nSPS) is 10.7. The third-order valence-electron chi connectivity index (χ3n) is 1.74. The lowest BCUT2D eigenvalue weighted by atomic mass is 10.4. The molecule has 2 rings (SSSR count). The summed E-state index contributed by atoms with van der Waals surface area (Å²) in [7, 11) is 1.85. The molecule has 0 amide bonds. The van der Waals surface area contributed by atoms with Crippen LogP contribution in [0.25, 0.3) is 11.7 Å². The van der Waals surface area contributed by atoms with Crippen LogP contribution >= 0.6 is 0 Å². The average molecular weight is 193 g/mol. The maximum Gasteiger partial charge on any atom is 0.265 e. The molecule has 1 N–H and O–H groups in total. The Balaban J connectivity index is 2.24. The minimum atomic E-state index is 0.468. The Hall–Kier alpha value is -1.62. The lowest BCUT2D eigenvalue weighted by Crippen LogP contribution is -2.03. The van der Waals surface area contributed by atoms with E-state index in [0.29, 0.717) is 18.2 Å². The van der Waals surface area contributed by atoms with Gasteiger partial charge < -0.3 is 14.3 Å². The first-order valence-electron chi connectivity index (χ1n) is 4.32. The van der Waals surface area contributed by atoms with Crippen LogP contribution in [-0.4, -0.2) is 17.2 Å². The van der Waals surface area contributed by atoms with E-state index in [1.54, 1.807) is 12.3 Å². The largest absolute Gasteiger partial charge is 0.437 e. The molecule has 0 radical (unpaired) electrons. The number of aromatic nitrogens is 2. The summed E-state index contributed by atoms with van der Waals surface area (Å²) in [6, 6.07) is 1.79. The van der Waals surface area contributed by atoms with Crippen LogP contribution in [0.4, 0.5) is 0 Å². The molecule has 0 fully saturated rings. The molecule has 0 aromatic carbocycles. The lowest BCUT2D eigenvalue weighted by molar-refractivity contribution is 0.405. The van der Waals surface area contributed by atoms with Crippen molar-refractivity contribution in [3.63, 3.8) is 0 Å². The minimum Gasteiger partial charge on any atom is -0.437 e. The van der Waals surface area contributed by atoms with Gasteiger partial charge in [0.05, 0.1) is 18.4 Å². The molecule has 2 heterocycles. The van der Waals surface area contributed by atoms with Gasteiger partial charge in [0, 0.05) is 6.07 Å². The number of hydrogen-bond acceptors (Lipinski definition) is 5. The van der Waals surface area contributed by atoms with Crippen molar-refractivity contribution in [2.75, 3.05) is 7.05 Å². The van der Waals surface area contributed by atoms with Crippen LogP contribution in [0.1, 0.15) is 11.5 Å². The van der Waals surface area contributed by atoms with Crippen LogP contribution < -0.4 is 5.32 Å². The van der Waals surface area contributed by atoms with Gasteiger partial charge in [0.1, 0.15) is 5.76 Å². The molecule has 74 valence electrons. The quantitative estimate of drug-likeness (QED) is 0.797. The van der Waals surface area contributed by atoms with Crippen molar-refractivity contribution >= 4 is 0 Å². The fourth-order valence-corrected chi connectivity index (χ4v) is 1.14. The van der Waals surface area contributed by atoms with Crippen molar-refractivity contribution in [3.8, 4) is 11.7 Å². The van der Waals surface area contributed by atoms with Crippen molar-refractivity contribution in [1.29, 1.82) is 0 Å². The van der Waals surface area contributed by atoms with Crippen molar-refractivity contribution in [2.45, 2.75) is 13.5 Å². The van der Waals surface area contributed by atoms with Crippen LogP contribution in [0.15, 0.2) is 21.2 Å². The van der Waals surface area contributed by atoms with Crippen LogP contribution in [0.5, 0.6) is 0 Å². The summed E-state index contributed by atoms with van der Waals surface area (Å²) >= 11 is 0. The molecule has 0 atom stereocenters. The van der Waals surface area contributed by atoms with E-state index >= 15 is 0 Å². The van der Waals surface area contributed by atoms with Gasteiger partial charge in [-0.3, -0.25) is 0 Å². The molecule has 0 aliphatic rings. The highest BCUT2D eigenvalue weighted by Gasteiger charge is 2.10. The van der Waals surface area contributed by atoms with Crippen LogP contribution in [-0.2, 0) is 6.54 Å². The highest BCUT2D eigenvalue weighted by atomic mass is 16.5. The smallest absolute Gasteiger partial charge is 0.265 e. The SMILES string of the molecule is CNCc1cnc(-c2cc(C)no2)o1. The summed E-state index contributed by atoms with van der Waals surface area (Å²) in [5.74, 6) is 1.80. The van der Waals surface area contributed by atoms with Crippen molar-refractivity contribution in [2.24, 2.45) is 0 Å². The van der Waals surface area contributed by atoms with Gasteiger partial charge in [-0.15, -0.1) is 0 Å². The summed E-state index contributed by atoms with van der Waals surface area (Å²) in [4.78, 5) is 4.08. The van der Waals surface area contributed by atoms with Crippen LogP contribution in [0, 0.1) is 6.92 Å². The first kappa shape index (κ1) is 8.96. The monoisotopic (exact) mass is 193 g/mol. The molecule has 0 saturated carbocycles. The van der Waals surface area contributed by atoms with Crippen LogP contribution in [0.2, 0.25) is 0 Å². The molecule has 0 aliphatic heterocycles. The topological polar surface area (TPSA) is 64.1 Å². The first-order valence-corrected chi connectivity index (χ1v) is 4.32. The molecule has 14 heavy (non-hydrogen) atoms. The van der Waals surface area contributed by atoms with E-state index in [1.165, 1.54) is 0 Å². The fraction of sp³-hybridized carbons (Fsp3) is 0.333. The fourth-order valence-electron chi connectivity index (χ4n) is 1.14. The van der Waals surface area contributed by atoms with E-state index in [9.17, 15) is 0 Å². The van der Waals surface area contributed by atoms with Crippen molar-refractivity contribution < 1.29 is 8.94 Å². The Bertz CT molecular complexity index is 419. The Morgan fingerprint density at radius 1 is 1.50 bits per heavy atom. The average Bonchev–Trinajstić information content (AvgIpc) is 2.74. The van der Waals surface area contributed by atoms with Gasteiger partial charge >= 0.3 is 0 Å². The Labute approximate surface area is 81.1 Å². The minimum absolute atomic E-state index is 0.468. The molecule has 2 aromatic heterocycles. The van der Waals surface area contributed by atoms with Gasteiger partial charge in [-0.1, -0.05) is 5.16 Å². The molecule has 0 aliphatic carbocycles. The maximum absolute atomic E-state index is 5.42. The molecule has 0 saturated heterocycles. The Kier molecular flexibility index (Phi) is 2.32. The Morgan fingerprint density at radius 2 is 2.36 bits per heavy atom. The number of nitrogens with zero attached hydrogens (tertiary/aromatic N) is 2. The van der Waals surface area contributed by atoms with E-state index in [-0.39, 0.29) is 0 Å². The van der Waals surface area contributed by atoms with Gasteiger partial charge in [-0.2, -0.15) is 0 Å². The number of nitrogens with one attached hydrogen (secondary N) is 1. The second kappa shape index (κ2) is 3.63. The zero-order chi connectivity index (χ0) is 9.97. The third kappa shape index (κ3) is 1.67. The highest BCUT2D eigenvalue weighted by Crippen LogP contribution is 2.19. The van der Waals surface area contributed by atoms with E-state index in [2.05, 4.69) is 15.5 Å². The number of oxazole rings is 1. The van der Waals surface area contributed by atoms with E-state index in [0.717, 1.165) is 11.5 Å². The number of hydrogen-bond donors (Lipinski definition) is 1. The van der Waals surface area contributed by atoms with E-state index in [4.69, 9.17) is 8.94 Å². The molecule has 5 nitrogen and oxygen atoms in total. The second-order valence-electron chi connectivity index (χ2n) is 2.99. The summed E-state index contributed by atoms with van der Waals surface area (Å²) < 4.78 is 10.4. The van der Waals surface area contributed by atoms with Gasteiger partial charge in [0.15, 0.2) is 0 Å². The molecule has 0 spiro atoms. The molecule has 0 unspecified atom stereocenters. The zero-order valence-electron chi connectivity index (χ0n) is 8.07. The Morgan fingerprint density at radius 3 is 3.00 bits per heavy atom. The maximum atomic E-state index is 5.42. The van der Waals surface area contributed by atoms with E-state index < -0.39 is 0 Å². The number of aryl methyl sites for hydroxylation is 1. The summed E-state index contributed by atoms with van der Waals surface area (Å²) in [6.45, 7) is 2.50. The molecule has 2 aromatic rings. The predicted molar refractivity (Wildman–Crippen MR) is 49.5 cm³/mol. The highest BCUT2D eigenvalue weighted by molar-refractivity contribution is 5.43. The molecule has 5 heteroatoms. The molecular formula is C9H11N3O2. The first-order chi connectivity index (χ1) is 6.79. The van der Waals surface area contributed by atoms with Gasteiger partial charge in [-0.05, 0) is 14.0 Å². The molecular weight excluding hydrogens is 182 g/mol. The number of rotatable bonds is 3. The van der Waals surface area contributed by atoms with Gasteiger partial charge in [0.25, 0.3) is 5.89 Å². The second-order valence-corrected chi connectivity index (χ2v) is 2.99. The summed E-state index contributed by atoms with van der Waals surface area (Å²) in [6.07, 6.45) is 1.67. The standard InChI is InChI=1S/C9H11N3O2/c1-6-3-8(14-12-6)9-11-5-7(13-9)4-10-2/h3,5,10H,4H2,1-2H3. The van der Waals surface area contributed by atoms with Gasteiger partial charge in [-0.25, -0.2) is 4.98 Å². The van der Waals surface area contributed by atoms with Crippen molar-refractivity contribution in [3.05, 3.63) is 23.7 Å². The molecule has 0 bridgehead atoms. The van der Waals surface area contributed by atoms with E-state index in [1.807, 2.05) is 14.0 Å². The predicted octanol–water partition coefficient (Wildman–Crippen LogP) is 1.36. The van der Waals surface area contributed by atoms with Gasteiger partial charge in [0.2, 0.25) is 5.76 Å².